The molecule has 2 nitrogen and oxygen atoms in total. The van der Waals surface area contributed by atoms with Gasteiger partial charge in [0.1, 0.15) is 0 Å². The van der Waals surface area contributed by atoms with Crippen LogP contribution in [0.2, 0.25) is 0 Å². The number of hydrogen-bond acceptors (Lipinski definition) is 1. The molecule has 2 aliphatic rings. The number of H-pyrrole nitrogens is 1. The van der Waals surface area contributed by atoms with Gasteiger partial charge in [-0.25, -0.2) is 0 Å². The summed E-state index contributed by atoms with van der Waals surface area (Å²) in [4.78, 5) is 3.45. The molecule has 106 valence electrons. The van der Waals surface area contributed by atoms with Crippen LogP contribution in [0.3, 0.4) is 0 Å². The van der Waals surface area contributed by atoms with Crippen LogP contribution in [0.15, 0.2) is 18.2 Å². The van der Waals surface area contributed by atoms with Gasteiger partial charge >= 0.3 is 0 Å². The first kappa shape index (κ1) is 12.5. The molecule has 0 saturated heterocycles. The predicted molar refractivity (Wildman–Crippen MR) is 82.0 cm³/mol. The number of aromatic nitrogens is 1. The zero-order valence-electron chi connectivity index (χ0n) is 12.0. The lowest BCUT2D eigenvalue weighted by molar-refractivity contribution is 0.153. The van der Waals surface area contributed by atoms with Gasteiger partial charge in [0.25, 0.3) is 0 Å². The molecule has 1 saturated carbocycles. The third-order valence-electron chi connectivity index (χ3n) is 5.28. The van der Waals surface area contributed by atoms with Gasteiger partial charge in [-0.1, -0.05) is 25.3 Å². The van der Waals surface area contributed by atoms with E-state index in [0.29, 0.717) is 0 Å². The van der Waals surface area contributed by atoms with Crippen molar-refractivity contribution in [3.05, 3.63) is 35.0 Å². The highest BCUT2D eigenvalue weighted by Crippen LogP contribution is 2.38. The van der Waals surface area contributed by atoms with Crippen LogP contribution in [0.5, 0.6) is 0 Å². The third-order valence-corrected chi connectivity index (χ3v) is 5.28. The second kappa shape index (κ2) is 4.92. The van der Waals surface area contributed by atoms with E-state index < -0.39 is 0 Å². The molecule has 1 atom stereocenters. The first-order chi connectivity index (χ1) is 9.83. The van der Waals surface area contributed by atoms with Crippen molar-refractivity contribution in [2.24, 2.45) is 0 Å². The van der Waals surface area contributed by atoms with E-state index in [9.17, 15) is 5.11 Å². The van der Waals surface area contributed by atoms with Crippen molar-refractivity contribution in [2.45, 2.75) is 63.4 Å². The molecule has 0 amide bonds. The number of aromatic amines is 1. The summed E-state index contributed by atoms with van der Waals surface area (Å²) in [7, 11) is 0. The Balaban J connectivity index is 1.78. The van der Waals surface area contributed by atoms with Crippen molar-refractivity contribution in [3.8, 4) is 0 Å². The van der Waals surface area contributed by atoms with Crippen molar-refractivity contribution < 1.29 is 5.11 Å². The average Bonchev–Trinajstić information content (AvgIpc) is 2.88. The summed E-state index contributed by atoms with van der Waals surface area (Å²) in [5.41, 5.74) is 5.16. The van der Waals surface area contributed by atoms with E-state index in [1.807, 2.05) is 0 Å². The summed E-state index contributed by atoms with van der Waals surface area (Å²) in [5, 5.41) is 11.5. The summed E-state index contributed by atoms with van der Waals surface area (Å²) in [6.07, 6.45) is 9.69. The minimum absolute atomic E-state index is 0.288. The van der Waals surface area contributed by atoms with Crippen LogP contribution in [-0.2, 0) is 6.42 Å². The Hall–Kier alpha value is -1.28. The van der Waals surface area contributed by atoms with Gasteiger partial charge in [-0.05, 0) is 61.3 Å². The number of benzene rings is 1. The molecule has 1 heterocycles. The molecule has 2 aromatic rings. The van der Waals surface area contributed by atoms with Crippen LogP contribution in [0.4, 0.5) is 0 Å². The van der Waals surface area contributed by atoms with Crippen molar-refractivity contribution in [1.29, 1.82) is 0 Å². The fraction of sp³-hybridized carbons (Fsp3) is 0.556. The minimum Gasteiger partial charge on any atom is -0.387 e. The predicted octanol–water partition coefficient (Wildman–Crippen LogP) is 4.59. The van der Waals surface area contributed by atoms with Gasteiger partial charge in [-0.3, -0.25) is 0 Å². The number of aryl methyl sites for hydroxylation is 1. The first-order valence-corrected chi connectivity index (χ1v) is 8.15. The SMILES string of the molecule is O[C@@H]1CCCc2c1[nH]c1ccc(C3CCCCC3)cc21. The Morgan fingerprint density at radius 2 is 1.85 bits per heavy atom. The maximum absolute atomic E-state index is 10.1. The van der Waals surface area contributed by atoms with E-state index in [4.69, 9.17) is 0 Å². The smallest absolute Gasteiger partial charge is 0.0941 e. The number of fused-ring (bicyclic) bond motifs is 3. The Kier molecular flexibility index (Phi) is 3.07. The molecule has 1 fully saturated rings. The molecule has 1 aromatic heterocycles. The molecular formula is C18H23NO. The second-order valence-corrected chi connectivity index (χ2v) is 6.57. The number of aliphatic hydroxyl groups is 1. The normalized spacial score (nSPS) is 23.9. The molecule has 0 unspecified atom stereocenters. The van der Waals surface area contributed by atoms with Gasteiger partial charge < -0.3 is 10.1 Å². The summed E-state index contributed by atoms with van der Waals surface area (Å²) >= 11 is 0. The molecular weight excluding hydrogens is 246 g/mol. The molecule has 2 N–H and O–H groups in total. The van der Waals surface area contributed by atoms with E-state index in [1.54, 1.807) is 0 Å². The van der Waals surface area contributed by atoms with Gasteiger partial charge in [0.2, 0.25) is 0 Å². The monoisotopic (exact) mass is 269 g/mol. The topological polar surface area (TPSA) is 36.0 Å². The van der Waals surface area contributed by atoms with Crippen LogP contribution in [0.25, 0.3) is 10.9 Å². The van der Waals surface area contributed by atoms with E-state index in [2.05, 4.69) is 23.2 Å². The molecule has 1 aromatic carbocycles. The highest BCUT2D eigenvalue weighted by molar-refractivity contribution is 5.86. The summed E-state index contributed by atoms with van der Waals surface area (Å²) in [5.74, 6) is 0.757. The zero-order valence-corrected chi connectivity index (χ0v) is 12.0. The van der Waals surface area contributed by atoms with Crippen molar-refractivity contribution >= 4 is 10.9 Å². The fourth-order valence-electron chi connectivity index (χ4n) is 4.15. The molecule has 0 bridgehead atoms. The molecule has 2 heteroatoms. The van der Waals surface area contributed by atoms with E-state index in [0.717, 1.165) is 30.9 Å². The summed E-state index contributed by atoms with van der Waals surface area (Å²) in [6, 6.07) is 6.93. The lowest BCUT2D eigenvalue weighted by Gasteiger charge is -2.22. The standard InChI is InChI=1S/C18H23NO/c20-17-8-4-7-14-15-11-13(12-5-2-1-3-6-12)9-10-16(15)19-18(14)17/h9-12,17,19-20H,1-8H2/t17-/m1/s1. The van der Waals surface area contributed by atoms with Crippen molar-refractivity contribution in [2.75, 3.05) is 0 Å². The van der Waals surface area contributed by atoms with Crippen LogP contribution in [-0.4, -0.2) is 10.1 Å². The Bertz CT molecular complexity index is 622. The molecule has 0 spiro atoms. The lowest BCUT2D eigenvalue weighted by atomic mass is 9.83. The van der Waals surface area contributed by atoms with E-state index in [-0.39, 0.29) is 6.10 Å². The van der Waals surface area contributed by atoms with Gasteiger partial charge in [-0.15, -0.1) is 0 Å². The molecule has 0 radical (unpaired) electrons. The molecule has 20 heavy (non-hydrogen) atoms. The Morgan fingerprint density at radius 3 is 2.70 bits per heavy atom. The van der Waals surface area contributed by atoms with Crippen LogP contribution < -0.4 is 0 Å². The van der Waals surface area contributed by atoms with E-state index >= 15 is 0 Å². The van der Waals surface area contributed by atoms with Gasteiger partial charge in [0.15, 0.2) is 0 Å². The van der Waals surface area contributed by atoms with Crippen molar-refractivity contribution in [1.82, 2.24) is 4.98 Å². The minimum atomic E-state index is -0.288. The van der Waals surface area contributed by atoms with Crippen LogP contribution >= 0.6 is 0 Å². The zero-order chi connectivity index (χ0) is 13.5. The van der Waals surface area contributed by atoms with Crippen molar-refractivity contribution in [3.63, 3.8) is 0 Å². The fourth-order valence-corrected chi connectivity index (χ4v) is 4.15. The van der Waals surface area contributed by atoms with Gasteiger partial charge in [0.05, 0.1) is 6.10 Å². The van der Waals surface area contributed by atoms with Crippen LogP contribution in [0.1, 0.15) is 73.8 Å². The maximum atomic E-state index is 10.1. The van der Waals surface area contributed by atoms with Crippen LogP contribution in [0, 0.1) is 0 Å². The largest absolute Gasteiger partial charge is 0.387 e. The molecule has 2 aliphatic carbocycles. The number of nitrogens with one attached hydrogen (secondary N) is 1. The highest BCUT2D eigenvalue weighted by Gasteiger charge is 2.23. The number of aliphatic hydroxyl groups excluding tert-OH is 1. The Labute approximate surface area is 120 Å². The second-order valence-electron chi connectivity index (χ2n) is 6.57. The first-order valence-electron chi connectivity index (χ1n) is 8.15. The number of hydrogen-bond donors (Lipinski definition) is 2. The quantitative estimate of drug-likeness (QED) is 0.780. The molecule has 0 aliphatic heterocycles. The molecule has 4 rings (SSSR count). The lowest BCUT2D eigenvalue weighted by Crippen LogP contribution is -2.08. The third kappa shape index (κ3) is 1.98. The summed E-state index contributed by atoms with van der Waals surface area (Å²) in [6.45, 7) is 0. The maximum Gasteiger partial charge on any atom is 0.0941 e. The summed E-state index contributed by atoms with van der Waals surface area (Å²) < 4.78 is 0. The van der Waals surface area contributed by atoms with Gasteiger partial charge in [-0.2, -0.15) is 0 Å². The highest BCUT2D eigenvalue weighted by atomic mass is 16.3. The average molecular weight is 269 g/mol. The number of rotatable bonds is 1. The van der Waals surface area contributed by atoms with E-state index in [1.165, 1.54) is 54.1 Å². The van der Waals surface area contributed by atoms with Gasteiger partial charge in [0, 0.05) is 16.6 Å². The Morgan fingerprint density at radius 1 is 1.00 bits per heavy atom.